The number of aryl methyl sites for hydroxylation is 2. The Hall–Kier alpha value is -3.40. The lowest BCUT2D eigenvalue weighted by molar-refractivity contribution is -0.117. The third-order valence-corrected chi connectivity index (χ3v) is 6.29. The Labute approximate surface area is 210 Å². The molecule has 0 spiro atoms. The van der Waals surface area contributed by atoms with E-state index in [1.54, 1.807) is 6.92 Å². The van der Waals surface area contributed by atoms with Gasteiger partial charge >= 0.3 is 0 Å². The first kappa shape index (κ1) is 27.8. The minimum atomic E-state index is -0.154. The van der Waals surface area contributed by atoms with Gasteiger partial charge < -0.3 is 15.4 Å². The Balaban J connectivity index is 0.00000432. The third kappa shape index (κ3) is 7.29. The topological polar surface area (TPSA) is 58.2 Å². The summed E-state index contributed by atoms with van der Waals surface area (Å²) in [5.74, 6) is 0.170. The number of rotatable bonds is 10. The van der Waals surface area contributed by atoms with Gasteiger partial charge in [0, 0.05) is 18.5 Å². The molecule has 0 aromatic heterocycles. The molecule has 186 valence electrons. The second-order valence-corrected chi connectivity index (χ2v) is 9.07. The van der Waals surface area contributed by atoms with E-state index in [1.165, 1.54) is 0 Å². The molecular weight excluding hydrogens is 432 g/mol. The molecule has 3 aromatic carbocycles. The number of carbonyl (C=O) groups is 2. The Kier molecular flexibility index (Phi) is 10.3. The van der Waals surface area contributed by atoms with Crippen LogP contribution >= 0.6 is 0 Å². The number of nitrogens with one attached hydrogen (secondary N) is 2. The minimum Gasteiger partial charge on any atom is -0.391 e. The van der Waals surface area contributed by atoms with Crippen LogP contribution in [0, 0.1) is 6.92 Å². The van der Waals surface area contributed by atoms with Crippen LogP contribution in [0.5, 0.6) is 0 Å². The van der Waals surface area contributed by atoms with Gasteiger partial charge in [0.2, 0.25) is 0 Å². The first-order valence-electron chi connectivity index (χ1n) is 12.1. The van der Waals surface area contributed by atoms with Gasteiger partial charge in [-0.25, -0.2) is 0 Å². The number of fused-ring (bicyclic) bond motifs is 1. The molecule has 35 heavy (non-hydrogen) atoms. The number of benzene rings is 3. The lowest BCUT2D eigenvalue weighted by atomic mass is 9.94. The van der Waals surface area contributed by atoms with Crippen molar-refractivity contribution < 1.29 is 9.59 Å². The number of hydrogen-bond donors (Lipinski definition) is 2. The second kappa shape index (κ2) is 12.9. The Bertz CT molecular complexity index is 1210. The molecule has 0 aliphatic heterocycles. The molecule has 1 atom stereocenters. The minimum absolute atomic E-state index is 0. The standard InChI is InChI=1S/C30H36N2O2.CH4/c1-6-24-14-13-20(2)28(16-24)30(34)32-23(5)29-18-26(17-25-11-7-8-12-27(25)29)21(3)19-31-15-9-10-22(4)33;/h7-8,11-14,16-19,23,31H,6,9-10,15H2,1-5H3,(H,32,34);1H4/b21-19+;. The first-order chi connectivity index (χ1) is 16.3. The zero-order valence-corrected chi connectivity index (χ0v) is 21.0. The summed E-state index contributed by atoms with van der Waals surface area (Å²) in [6, 6.07) is 18.6. The summed E-state index contributed by atoms with van der Waals surface area (Å²) in [5, 5.41) is 8.83. The molecule has 4 heteroatoms. The van der Waals surface area contributed by atoms with Crippen LogP contribution in [0.1, 0.15) is 86.6 Å². The summed E-state index contributed by atoms with van der Waals surface area (Å²) in [5.41, 5.74) is 6.19. The molecule has 3 aromatic rings. The highest BCUT2D eigenvalue weighted by atomic mass is 16.1. The van der Waals surface area contributed by atoms with Crippen LogP contribution in [-0.4, -0.2) is 18.2 Å². The van der Waals surface area contributed by atoms with Crippen molar-refractivity contribution in [2.24, 2.45) is 0 Å². The van der Waals surface area contributed by atoms with Crippen LogP contribution < -0.4 is 10.6 Å². The highest BCUT2D eigenvalue weighted by Gasteiger charge is 2.17. The van der Waals surface area contributed by atoms with E-state index >= 15 is 0 Å². The highest BCUT2D eigenvalue weighted by molar-refractivity contribution is 5.97. The molecule has 0 radical (unpaired) electrons. The number of Topliss-reactive ketones (excluding diaryl/α,β-unsaturated/α-hetero) is 1. The van der Waals surface area contributed by atoms with Crippen LogP contribution in [0.3, 0.4) is 0 Å². The molecule has 0 bridgehead atoms. The molecule has 0 saturated carbocycles. The van der Waals surface area contributed by atoms with Crippen LogP contribution in [0.2, 0.25) is 0 Å². The largest absolute Gasteiger partial charge is 0.391 e. The van der Waals surface area contributed by atoms with Crippen molar-refractivity contribution >= 4 is 28.0 Å². The van der Waals surface area contributed by atoms with Crippen molar-refractivity contribution in [2.75, 3.05) is 6.54 Å². The van der Waals surface area contributed by atoms with Crippen molar-refractivity contribution in [3.8, 4) is 0 Å². The first-order valence-corrected chi connectivity index (χ1v) is 12.1. The van der Waals surface area contributed by atoms with Crippen molar-refractivity contribution in [1.82, 2.24) is 10.6 Å². The molecule has 0 heterocycles. The molecule has 0 saturated heterocycles. The number of allylic oxidation sites excluding steroid dienone is 1. The van der Waals surface area contributed by atoms with Gasteiger partial charge in [0.25, 0.3) is 5.91 Å². The maximum absolute atomic E-state index is 13.2. The Morgan fingerprint density at radius 3 is 2.49 bits per heavy atom. The average molecular weight is 473 g/mol. The summed E-state index contributed by atoms with van der Waals surface area (Å²) in [4.78, 5) is 24.3. The quantitative estimate of drug-likeness (QED) is 0.308. The molecule has 3 rings (SSSR count). The summed E-state index contributed by atoms with van der Waals surface area (Å²) >= 11 is 0. The molecular formula is C31H40N2O2. The predicted molar refractivity (Wildman–Crippen MR) is 149 cm³/mol. The van der Waals surface area contributed by atoms with Gasteiger partial charge in [-0.1, -0.05) is 50.7 Å². The average Bonchev–Trinajstić information content (AvgIpc) is 2.82. The summed E-state index contributed by atoms with van der Waals surface area (Å²) in [7, 11) is 0. The third-order valence-electron chi connectivity index (χ3n) is 6.29. The molecule has 4 nitrogen and oxygen atoms in total. The number of ketones is 1. The van der Waals surface area contributed by atoms with E-state index in [2.05, 4.69) is 54.8 Å². The zero-order valence-electron chi connectivity index (χ0n) is 21.0. The summed E-state index contributed by atoms with van der Waals surface area (Å²) in [6.07, 6.45) is 4.33. The lowest BCUT2D eigenvalue weighted by Crippen LogP contribution is -2.27. The van der Waals surface area contributed by atoms with Gasteiger partial charge in [-0.3, -0.25) is 4.79 Å². The van der Waals surface area contributed by atoms with E-state index in [4.69, 9.17) is 0 Å². The van der Waals surface area contributed by atoms with Gasteiger partial charge in [-0.2, -0.15) is 0 Å². The number of hydrogen-bond acceptors (Lipinski definition) is 3. The van der Waals surface area contributed by atoms with E-state index < -0.39 is 0 Å². The number of carbonyl (C=O) groups excluding carboxylic acids is 2. The SMILES string of the molecule is C.CCc1ccc(C)c(C(=O)NC(C)c2cc(/C(C)=C/NCCCC(C)=O)cc3ccccc23)c1. The maximum Gasteiger partial charge on any atom is 0.252 e. The normalized spacial score (nSPS) is 12.1. The van der Waals surface area contributed by atoms with Crippen LogP contribution in [-0.2, 0) is 11.2 Å². The van der Waals surface area contributed by atoms with Crippen molar-refractivity contribution in [2.45, 2.75) is 67.3 Å². The fourth-order valence-electron chi connectivity index (χ4n) is 4.16. The van der Waals surface area contributed by atoms with E-state index in [-0.39, 0.29) is 25.2 Å². The molecule has 2 N–H and O–H groups in total. The van der Waals surface area contributed by atoms with Crippen LogP contribution in [0.15, 0.2) is 60.8 Å². The van der Waals surface area contributed by atoms with E-state index in [0.717, 1.165) is 63.5 Å². The zero-order chi connectivity index (χ0) is 24.7. The summed E-state index contributed by atoms with van der Waals surface area (Å²) < 4.78 is 0. The van der Waals surface area contributed by atoms with Crippen molar-refractivity contribution in [3.63, 3.8) is 0 Å². The fraction of sp³-hybridized carbons (Fsp3) is 0.355. The van der Waals surface area contributed by atoms with E-state index in [1.807, 2.05) is 44.3 Å². The van der Waals surface area contributed by atoms with E-state index in [0.29, 0.717) is 6.42 Å². The van der Waals surface area contributed by atoms with Crippen molar-refractivity contribution in [3.05, 3.63) is 88.6 Å². The second-order valence-electron chi connectivity index (χ2n) is 9.07. The van der Waals surface area contributed by atoms with E-state index in [9.17, 15) is 9.59 Å². The molecule has 1 amide bonds. The van der Waals surface area contributed by atoms with Crippen LogP contribution in [0.4, 0.5) is 0 Å². The Morgan fingerprint density at radius 1 is 1.03 bits per heavy atom. The van der Waals surface area contributed by atoms with Gasteiger partial charge in [0.1, 0.15) is 5.78 Å². The lowest BCUT2D eigenvalue weighted by Gasteiger charge is -2.19. The molecule has 1 unspecified atom stereocenters. The van der Waals surface area contributed by atoms with Gasteiger partial charge in [0.15, 0.2) is 0 Å². The predicted octanol–water partition coefficient (Wildman–Crippen LogP) is 7.16. The van der Waals surface area contributed by atoms with Gasteiger partial charge in [0.05, 0.1) is 6.04 Å². The smallest absolute Gasteiger partial charge is 0.252 e. The summed E-state index contributed by atoms with van der Waals surface area (Å²) in [6.45, 7) is 10.6. The van der Waals surface area contributed by atoms with Crippen molar-refractivity contribution in [1.29, 1.82) is 0 Å². The van der Waals surface area contributed by atoms with Crippen LogP contribution in [0.25, 0.3) is 16.3 Å². The molecule has 0 aliphatic rings. The molecule has 0 aliphatic carbocycles. The molecule has 0 fully saturated rings. The maximum atomic E-state index is 13.2. The Morgan fingerprint density at radius 2 is 1.77 bits per heavy atom. The number of amides is 1. The highest BCUT2D eigenvalue weighted by Crippen LogP contribution is 2.29. The fourth-order valence-corrected chi connectivity index (χ4v) is 4.16. The van der Waals surface area contributed by atoms with Gasteiger partial charge in [-0.05, 0) is 104 Å². The monoisotopic (exact) mass is 472 g/mol. The van der Waals surface area contributed by atoms with Gasteiger partial charge in [-0.15, -0.1) is 0 Å².